The molecule has 0 unspecified atom stereocenters. The lowest BCUT2D eigenvalue weighted by atomic mass is 10.2. The normalized spacial score (nSPS) is 17.5. The van der Waals surface area contributed by atoms with Gasteiger partial charge in [-0.3, -0.25) is 0 Å². The molecule has 0 amide bonds. The van der Waals surface area contributed by atoms with Crippen LogP contribution in [0.1, 0.15) is 44.1 Å². The van der Waals surface area contributed by atoms with Gasteiger partial charge in [-0.2, -0.15) is 0 Å². The van der Waals surface area contributed by atoms with Gasteiger partial charge in [-0.25, -0.2) is 4.98 Å². The topological polar surface area (TPSA) is 29.9 Å². The molecule has 15 heavy (non-hydrogen) atoms. The van der Waals surface area contributed by atoms with Gasteiger partial charge < -0.3 is 9.88 Å². The molecule has 1 aromatic rings. The van der Waals surface area contributed by atoms with E-state index in [1.165, 1.54) is 31.4 Å². The first-order valence-electron chi connectivity index (χ1n) is 6.05. The highest BCUT2D eigenvalue weighted by Crippen LogP contribution is 2.18. The third-order valence-corrected chi connectivity index (χ3v) is 3.38. The summed E-state index contributed by atoms with van der Waals surface area (Å²) in [6.07, 6.45) is 7.48. The highest BCUT2D eigenvalue weighted by Gasteiger charge is 2.14. The summed E-state index contributed by atoms with van der Waals surface area (Å²) in [5.74, 6) is 1.13. The maximum Gasteiger partial charge on any atom is 0.105 e. The first-order valence-corrected chi connectivity index (χ1v) is 6.05. The van der Waals surface area contributed by atoms with Crippen molar-refractivity contribution in [2.75, 3.05) is 0 Å². The Morgan fingerprint density at radius 3 is 2.87 bits per heavy atom. The maximum absolute atomic E-state index is 4.36. The summed E-state index contributed by atoms with van der Waals surface area (Å²) in [5.41, 5.74) is 1.32. The van der Waals surface area contributed by atoms with E-state index in [4.69, 9.17) is 0 Å². The molecule has 0 radical (unpaired) electrons. The number of imidazole rings is 1. The van der Waals surface area contributed by atoms with Gasteiger partial charge in [-0.15, -0.1) is 0 Å². The van der Waals surface area contributed by atoms with E-state index in [2.05, 4.69) is 28.7 Å². The van der Waals surface area contributed by atoms with Crippen LogP contribution in [0.25, 0.3) is 0 Å². The SMILES string of the molecule is CCn1c(CNC2CCCC2)cnc1C. The molecule has 1 aliphatic carbocycles. The summed E-state index contributed by atoms with van der Waals surface area (Å²) in [4.78, 5) is 4.36. The van der Waals surface area contributed by atoms with E-state index in [1.54, 1.807) is 0 Å². The van der Waals surface area contributed by atoms with Crippen LogP contribution in [0, 0.1) is 6.92 Å². The molecule has 0 aliphatic heterocycles. The van der Waals surface area contributed by atoms with Crippen LogP contribution < -0.4 is 5.32 Å². The second-order valence-electron chi connectivity index (χ2n) is 4.40. The van der Waals surface area contributed by atoms with Crippen molar-refractivity contribution in [2.45, 2.75) is 58.7 Å². The van der Waals surface area contributed by atoms with Crippen LogP contribution >= 0.6 is 0 Å². The lowest BCUT2D eigenvalue weighted by Gasteiger charge is -2.13. The van der Waals surface area contributed by atoms with E-state index < -0.39 is 0 Å². The quantitative estimate of drug-likeness (QED) is 0.820. The monoisotopic (exact) mass is 207 g/mol. The number of hydrogen-bond donors (Lipinski definition) is 1. The Balaban J connectivity index is 1.92. The second-order valence-corrected chi connectivity index (χ2v) is 4.40. The van der Waals surface area contributed by atoms with Crippen molar-refractivity contribution < 1.29 is 0 Å². The van der Waals surface area contributed by atoms with Crippen molar-refractivity contribution >= 4 is 0 Å². The molecule has 3 heteroatoms. The Hall–Kier alpha value is -0.830. The lowest BCUT2D eigenvalue weighted by Crippen LogP contribution is -2.26. The Bertz CT molecular complexity index is 311. The summed E-state index contributed by atoms with van der Waals surface area (Å²) in [5, 5.41) is 3.63. The predicted octanol–water partition coefficient (Wildman–Crippen LogP) is 2.24. The number of nitrogens with one attached hydrogen (secondary N) is 1. The molecule has 0 saturated heterocycles. The molecule has 0 atom stereocenters. The zero-order valence-electron chi connectivity index (χ0n) is 9.79. The van der Waals surface area contributed by atoms with E-state index in [1.807, 2.05) is 6.20 Å². The van der Waals surface area contributed by atoms with E-state index >= 15 is 0 Å². The molecular formula is C12H21N3. The zero-order chi connectivity index (χ0) is 10.7. The van der Waals surface area contributed by atoms with Crippen LogP contribution in [0.4, 0.5) is 0 Å². The van der Waals surface area contributed by atoms with Crippen molar-refractivity contribution in [1.29, 1.82) is 0 Å². The van der Waals surface area contributed by atoms with Crippen molar-refractivity contribution in [3.05, 3.63) is 17.7 Å². The van der Waals surface area contributed by atoms with E-state index in [-0.39, 0.29) is 0 Å². The molecule has 0 aromatic carbocycles. The lowest BCUT2D eigenvalue weighted by molar-refractivity contribution is 0.507. The largest absolute Gasteiger partial charge is 0.331 e. The predicted molar refractivity (Wildman–Crippen MR) is 61.7 cm³/mol. The van der Waals surface area contributed by atoms with Crippen molar-refractivity contribution in [3.8, 4) is 0 Å². The molecule has 1 N–H and O–H groups in total. The first kappa shape index (κ1) is 10.7. The molecular weight excluding hydrogens is 186 g/mol. The van der Waals surface area contributed by atoms with Gasteiger partial charge in [-0.1, -0.05) is 12.8 Å². The Morgan fingerprint density at radius 2 is 2.20 bits per heavy atom. The third-order valence-electron chi connectivity index (χ3n) is 3.38. The molecule has 1 aromatic heterocycles. The van der Waals surface area contributed by atoms with Crippen LogP contribution in [0.15, 0.2) is 6.20 Å². The highest BCUT2D eigenvalue weighted by molar-refractivity contribution is 5.04. The molecule has 1 saturated carbocycles. The van der Waals surface area contributed by atoms with Crippen LogP contribution in [0.2, 0.25) is 0 Å². The van der Waals surface area contributed by atoms with Crippen LogP contribution in [-0.2, 0) is 13.1 Å². The summed E-state index contributed by atoms with van der Waals surface area (Å²) in [6, 6.07) is 0.741. The number of aryl methyl sites for hydroxylation is 1. The zero-order valence-corrected chi connectivity index (χ0v) is 9.79. The maximum atomic E-state index is 4.36. The fourth-order valence-corrected chi connectivity index (χ4v) is 2.47. The molecule has 3 nitrogen and oxygen atoms in total. The first-order chi connectivity index (χ1) is 7.31. The summed E-state index contributed by atoms with van der Waals surface area (Å²) < 4.78 is 2.28. The van der Waals surface area contributed by atoms with Crippen molar-refractivity contribution in [2.24, 2.45) is 0 Å². The smallest absolute Gasteiger partial charge is 0.105 e. The Labute approximate surface area is 91.9 Å². The molecule has 2 rings (SSSR count). The van der Waals surface area contributed by atoms with Gasteiger partial charge in [0.1, 0.15) is 5.82 Å². The van der Waals surface area contributed by atoms with E-state index in [0.717, 1.165) is 25.0 Å². The summed E-state index contributed by atoms with van der Waals surface area (Å²) in [6.45, 7) is 6.24. The average molecular weight is 207 g/mol. The standard InChI is InChI=1S/C12H21N3/c1-3-15-10(2)13-8-12(15)9-14-11-6-4-5-7-11/h8,11,14H,3-7,9H2,1-2H3. The molecule has 1 fully saturated rings. The highest BCUT2D eigenvalue weighted by atomic mass is 15.1. The fourth-order valence-electron chi connectivity index (χ4n) is 2.47. The fraction of sp³-hybridized carbons (Fsp3) is 0.750. The van der Waals surface area contributed by atoms with Crippen molar-refractivity contribution in [3.63, 3.8) is 0 Å². The van der Waals surface area contributed by atoms with Crippen LogP contribution in [0.5, 0.6) is 0 Å². The van der Waals surface area contributed by atoms with Crippen LogP contribution in [0.3, 0.4) is 0 Å². The molecule has 84 valence electrons. The summed E-state index contributed by atoms with van der Waals surface area (Å²) in [7, 11) is 0. The van der Waals surface area contributed by atoms with Gasteiger partial charge in [0.2, 0.25) is 0 Å². The summed E-state index contributed by atoms with van der Waals surface area (Å²) >= 11 is 0. The number of nitrogens with zero attached hydrogens (tertiary/aromatic N) is 2. The third kappa shape index (κ3) is 2.40. The molecule has 0 spiro atoms. The van der Waals surface area contributed by atoms with E-state index in [0.29, 0.717) is 0 Å². The average Bonchev–Trinajstić information content (AvgIpc) is 2.84. The van der Waals surface area contributed by atoms with Crippen LogP contribution in [-0.4, -0.2) is 15.6 Å². The number of rotatable bonds is 4. The van der Waals surface area contributed by atoms with Gasteiger partial charge in [0.15, 0.2) is 0 Å². The van der Waals surface area contributed by atoms with Gasteiger partial charge in [-0.05, 0) is 26.7 Å². The van der Waals surface area contributed by atoms with Gasteiger partial charge >= 0.3 is 0 Å². The minimum Gasteiger partial charge on any atom is -0.331 e. The number of aromatic nitrogens is 2. The molecule has 1 heterocycles. The Morgan fingerprint density at radius 1 is 1.47 bits per heavy atom. The van der Waals surface area contributed by atoms with Gasteiger partial charge in [0.05, 0.1) is 5.69 Å². The Kier molecular flexibility index (Phi) is 3.41. The van der Waals surface area contributed by atoms with Gasteiger partial charge in [0, 0.05) is 25.3 Å². The number of hydrogen-bond acceptors (Lipinski definition) is 2. The molecule has 0 bridgehead atoms. The van der Waals surface area contributed by atoms with Gasteiger partial charge in [0.25, 0.3) is 0 Å². The minimum absolute atomic E-state index is 0.741. The second kappa shape index (κ2) is 4.79. The van der Waals surface area contributed by atoms with E-state index in [9.17, 15) is 0 Å². The molecule has 1 aliphatic rings. The minimum atomic E-state index is 0.741. The van der Waals surface area contributed by atoms with Crippen molar-refractivity contribution in [1.82, 2.24) is 14.9 Å².